The molecule has 1 aromatic rings. The van der Waals surface area contributed by atoms with Gasteiger partial charge in [0.05, 0.1) is 11.6 Å². The molecular formula is C10H11Cl2NO3. The summed E-state index contributed by atoms with van der Waals surface area (Å²) in [7, 11) is 0. The summed E-state index contributed by atoms with van der Waals surface area (Å²) in [6, 6.07) is 3.89. The highest BCUT2D eigenvalue weighted by molar-refractivity contribution is 6.35. The lowest BCUT2D eigenvalue weighted by atomic mass is 10.2. The minimum Gasteiger partial charge on any atom is -0.492 e. The fourth-order valence-corrected chi connectivity index (χ4v) is 1.47. The number of carboxylic acids is 1. The van der Waals surface area contributed by atoms with Gasteiger partial charge in [-0.1, -0.05) is 23.2 Å². The molecule has 1 rings (SSSR count). The van der Waals surface area contributed by atoms with Crippen LogP contribution in [0.3, 0.4) is 0 Å². The standard InChI is InChI=1S/C10H11Cl2NO3/c11-6-1-2-9(7(12)5-6)16-4-3-8(13)10(14)15/h1-2,5,8H,3-4,13H2,(H,14,15)/t8-/m0/s1. The monoisotopic (exact) mass is 263 g/mol. The van der Waals surface area contributed by atoms with Crippen LogP contribution in [0.5, 0.6) is 5.75 Å². The fraction of sp³-hybridized carbons (Fsp3) is 0.300. The first kappa shape index (κ1) is 13.1. The summed E-state index contributed by atoms with van der Waals surface area (Å²) in [5.41, 5.74) is 5.31. The van der Waals surface area contributed by atoms with Crippen LogP contribution in [0.4, 0.5) is 0 Å². The van der Waals surface area contributed by atoms with Gasteiger partial charge in [-0.2, -0.15) is 0 Å². The topological polar surface area (TPSA) is 72.5 Å². The second-order valence-electron chi connectivity index (χ2n) is 3.16. The molecule has 1 aromatic carbocycles. The van der Waals surface area contributed by atoms with Gasteiger partial charge in [-0.3, -0.25) is 4.79 Å². The molecule has 16 heavy (non-hydrogen) atoms. The highest BCUT2D eigenvalue weighted by atomic mass is 35.5. The molecule has 4 nitrogen and oxygen atoms in total. The van der Waals surface area contributed by atoms with Gasteiger partial charge >= 0.3 is 5.97 Å². The number of ether oxygens (including phenoxy) is 1. The van der Waals surface area contributed by atoms with E-state index in [4.69, 9.17) is 38.8 Å². The Bertz CT molecular complexity index is 384. The van der Waals surface area contributed by atoms with Gasteiger partial charge in [0.25, 0.3) is 0 Å². The number of rotatable bonds is 5. The number of nitrogens with two attached hydrogens (primary N) is 1. The zero-order valence-corrected chi connectivity index (χ0v) is 9.83. The molecule has 0 aromatic heterocycles. The molecular weight excluding hydrogens is 253 g/mol. The van der Waals surface area contributed by atoms with Crippen LogP contribution in [0.1, 0.15) is 6.42 Å². The first-order valence-corrected chi connectivity index (χ1v) is 5.32. The van der Waals surface area contributed by atoms with Crippen molar-refractivity contribution in [2.75, 3.05) is 6.61 Å². The van der Waals surface area contributed by atoms with Crippen molar-refractivity contribution in [1.82, 2.24) is 0 Å². The van der Waals surface area contributed by atoms with Crippen molar-refractivity contribution in [2.45, 2.75) is 12.5 Å². The van der Waals surface area contributed by atoms with E-state index in [0.29, 0.717) is 15.8 Å². The second kappa shape index (κ2) is 5.94. The van der Waals surface area contributed by atoms with Crippen molar-refractivity contribution in [2.24, 2.45) is 5.73 Å². The van der Waals surface area contributed by atoms with E-state index in [9.17, 15) is 4.79 Å². The van der Waals surface area contributed by atoms with Crippen LogP contribution >= 0.6 is 23.2 Å². The summed E-state index contributed by atoms with van der Waals surface area (Å²) < 4.78 is 5.28. The lowest BCUT2D eigenvalue weighted by molar-refractivity contribution is -0.138. The number of carboxylic acid groups (broad SMARTS) is 1. The fourth-order valence-electron chi connectivity index (χ4n) is 1.01. The summed E-state index contributed by atoms with van der Waals surface area (Å²) in [6.45, 7) is 0.189. The molecule has 6 heteroatoms. The average molecular weight is 264 g/mol. The van der Waals surface area contributed by atoms with E-state index in [1.165, 1.54) is 0 Å². The summed E-state index contributed by atoms with van der Waals surface area (Å²) >= 11 is 11.6. The molecule has 0 saturated heterocycles. The number of carbonyl (C=O) groups is 1. The maximum Gasteiger partial charge on any atom is 0.320 e. The largest absolute Gasteiger partial charge is 0.492 e. The van der Waals surface area contributed by atoms with Gasteiger partial charge in [0, 0.05) is 11.4 Å². The Hall–Kier alpha value is -0.970. The van der Waals surface area contributed by atoms with Crippen molar-refractivity contribution >= 4 is 29.2 Å². The van der Waals surface area contributed by atoms with Crippen molar-refractivity contribution in [1.29, 1.82) is 0 Å². The van der Waals surface area contributed by atoms with Crippen molar-refractivity contribution in [3.05, 3.63) is 28.2 Å². The van der Waals surface area contributed by atoms with Gasteiger partial charge in [0.2, 0.25) is 0 Å². The van der Waals surface area contributed by atoms with Crippen LogP contribution in [0.15, 0.2) is 18.2 Å². The normalized spacial score (nSPS) is 12.2. The van der Waals surface area contributed by atoms with E-state index >= 15 is 0 Å². The minimum atomic E-state index is -1.05. The molecule has 0 aliphatic carbocycles. The third kappa shape index (κ3) is 3.89. The summed E-state index contributed by atoms with van der Waals surface area (Å²) in [6.07, 6.45) is 0.217. The number of hydrogen-bond acceptors (Lipinski definition) is 3. The van der Waals surface area contributed by atoms with E-state index in [1.54, 1.807) is 18.2 Å². The van der Waals surface area contributed by atoms with Crippen molar-refractivity contribution < 1.29 is 14.6 Å². The van der Waals surface area contributed by atoms with E-state index < -0.39 is 12.0 Å². The quantitative estimate of drug-likeness (QED) is 0.854. The Kier molecular flexibility index (Phi) is 4.86. The summed E-state index contributed by atoms with van der Waals surface area (Å²) in [4.78, 5) is 10.4. The SMILES string of the molecule is N[C@@H](CCOc1ccc(Cl)cc1Cl)C(=O)O. The number of benzene rings is 1. The van der Waals surface area contributed by atoms with Crippen molar-refractivity contribution in [3.8, 4) is 5.75 Å². The van der Waals surface area contributed by atoms with Gasteiger partial charge < -0.3 is 15.6 Å². The van der Waals surface area contributed by atoms with Crippen LogP contribution in [0.2, 0.25) is 10.0 Å². The van der Waals surface area contributed by atoms with Crippen LogP contribution in [-0.2, 0) is 4.79 Å². The predicted octanol–water partition coefficient (Wildman–Crippen LogP) is 2.17. The summed E-state index contributed by atoms with van der Waals surface area (Å²) in [5, 5.41) is 9.45. The Balaban J connectivity index is 2.46. The Morgan fingerprint density at radius 3 is 2.75 bits per heavy atom. The smallest absolute Gasteiger partial charge is 0.320 e. The highest BCUT2D eigenvalue weighted by Gasteiger charge is 2.11. The van der Waals surface area contributed by atoms with E-state index in [1.807, 2.05) is 0 Å². The third-order valence-corrected chi connectivity index (χ3v) is 2.43. The molecule has 0 aliphatic heterocycles. The molecule has 88 valence electrons. The lowest BCUT2D eigenvalue weighted by Gasteiger charge is -2.09. The lowest BCUT2D eigenvalue weighted by Crippen LogP contribution is -2.31. The Morgan fingerprint density at radius 1 is 1.50 bits per heavy atom. The first-order chi connectivity index (χ1) is 7.50. The highest BCUT2D eigenvalue weighted by Crippen LogP contribution is 2.27. The van der Waals surface area contributed by atoms with E-state index in [0.717, 1.165) is 0 Å². The van der Waals surface area contributed by atoms with Gasteiger partial charge in [-0.05, 0) is 18.2 Å². The molecule has 0 heterocycles. The molecule has 0 amide bonds. The predicted molar refractivity (Wildman–Crippen MR) is 62.2 cm³/mol. The zero-order chi connectivity index (χ0) is 12.1. The average Bonchev–Trinajstić information content (AvgIpc) is 2.20. The van der Waals surface area contributed by atoms with E-state index in [2.05, 4.69) is 0 Å². The molecule has 0 unspecified atom stereocenters. The van der Waals surface area contributed by atoms with Crippen LogP contribution in [0.25, 0.3) is 0 Å². The Labute approximate surface area is 103 Å². The molecule has 0 fully saturated rings. The van der Waals surface area contributed by atoms with Gasteiger partial charge in [-0.25, -0.2) is 0 Å². The maximum atomic E-state index is 10.4. The molecule has 0 saturated carbocycles. The van der Waals surface area contributed by atoms with E-state index in [-0.39, 0.29) is 13.0 Å². The Morgan fingerprint density at radius 2 is 2.19 bits per heavy atom. The van der Waals surface area contributed by atoms with Crippen LogP contribution in [0, 0.1) is 0 Å². The van der Waals surface area contributed by atoms with Crippen LogP contribution in [-0.4, -0.2) is 23.7 Å². The molecule has 0 bridgehead atoms. The first-order valence-electron chi connectivity index (χ1n) is 4.57. The van der Waals surface area contributed by atoms with Crippen molar-refractivity contribution in [3.63, 3.8) is 0 Å². The van der Waals surface area contributed by atoms with Gasteiger partial charge in [0.15, 0.2) is 0 Å². The third-order valence-electron chi connectivity index (χ3n) is 1.90. The molecule has 1 atom stereocenters. The zero-order valence-electron chi connectivity index (χ0n) is 8.32. The maximum absolute atomic E-state index is 10.4. The minimum absolute atomic E-state index is 0.189. The summed E-state index contributed by atoms with van der Waals surface area (Å²) in [5.74, 6) is -0.588. The molecule has 3 N–H and O–H groups in total. The van der Waals surface area contributed by atoms with Gasteiger partial charge in [-0.15, -0.1) is 0 Å². The number of hydrogen-bond donors (Lipinski definition) is 2. The molecule has 0 spiro atoms. The number of aliphatic carboxylic acids is 1. The molecule has 0 radical (unpaired) electrons. The molecule has 0 aliphatic rings. The second-order valence-corrected chi connectivity index (χ2v) is 4.00. The van der Waals surface area contributed by atoms with Crippen LogP contribution < -0.4 is 10.5 Å². The number of halogens is 2. The van der Waals surface area contributed by atoms with Gasteiger partial charge in [0.1, 0.15) is 11.8 Å².